The lowest BCUT2D eigenvalue weighted by Gasteiger charge is -2.12. The first-order chi connectivity index (χ1) is 5.20. The summed E-state index contributed by atoms with van der Waals surface area (Å²) in [5, 5.41) is 3.03. The van der Waals surface area contributed by atoms with Gasteiger partial charge >= 0.3 is 0 Å². The summed E-state index contributed by atoms with van der Waals surface area (Å²) < 4.78 is 0. The van der Waals surface area contributed by atoms with Crippen molar-refractivity contribution in [3.05, 3.63) is 0 Å². The molecule has 1 unspecified atom stereocenters. The van der Waals surface area contributed by atoms with Crippen LogP contribution in [-0.4, -0.2) is 24.7 Å². The van der Waals surface area contributed by atoms with E-state index < -0.39 is 0 Å². The Kier molecular flexibility index (Phi) is 6.36. The number of hydrogen-bond donors (Lipinski definition) is 3. The standard InChI is InChI=1S/C7H16N2OS/c1-9-6(3-2-4-11)5-7(8)10/h6,9,11H,2-5H2,1H3,(H2,8,10). The first-order valence-corrected chi connectivity index (χ1v) is 4.40. The van der Waals surface area contributed by atoms with E-state index >= 15 is 0 Å². The Labute approximate surface area is 73.1 Å². The van der Waals surface area contributed by atoms with Crippen LogP contribution < -0.4 is 11.1 Å². The third-order valence-electron chi connectivity index (χ3n) is 1.57. The molecule has 0 heterocycles. The third kappa shape index (κ3) is 6.19. The van der Waals surface area contributed by atoms with E-state index in [1.807, 2.05) is 7.05 Å². The van der Waals surface area contributed by atoms with Crippen LogP contribution >= 0.6 is 12.6 Å². The summed E-state index contributed by atoms with van der Waals surface area (Å²) in [5.74, 6) is 0.611. The summed E-state index contributed by atoms with van der Waals surface area (Å²) in [6, 6.07) is 0.222. The molecule has 0 saturated carbocycles. The molecule has 3 nitrogen and oxygen atoms in total. The molecule has 4 heteroatoms. The number of hydrogen-bond acceptors (Lipinski definition) is 3. The molecule has 1 amide bonds. The van der Waals surface area contributed by atoms with Gasteiger partial charge in [0.05, 0.1) is 0 Å². The normalized spacial score (nSPS) is 12.9. The fourth-order valence-electron chi connectivity index (χ4n) is 0.929. The van der Waals surface area contributed by atoms with Crippen molar-refractivity contribution in [1.82, 2.24) is 5.32 Å². The fraction of sp³-hybridized carbons (Fsp3) is 0.857. The van der Waals surface area contributed by atoms with Gasteiger partial charge in [-0.15, -0.1) is 0 Å². The molecule has 0 aliphatic heterocycles. The van der Waals surface area contributed by atoms with Crippen LogP contribution in [0.2, 0.25) is 0 Å². The molecule has 3 N–H and O–H groups in total. The number of carbonyl (C=O) groups excluding carboxylic acids is 1. The number of nitrogens with two attached hydrogens (primary N) is 1. The number of primary amides is 1. The molecule has 0 bridgehead atoms. The lowest BCUT2D eigenvalue weighted by Crippen LogP contribution is -2.30. The van der Waals surface area contributed by atoms with Gasteiger partial charge in [-0.25, -0.2) is 0 Å². The van der Waals surface area contributed by atoms with E-state index in [4.69, 9.17) is 5.73 Å². The Morgan fingerprint density at radius 2 is 2.36 bits per heavy atom. The Hall–Kier alpha value is -0.220. The maximum Gasteiger partial charge on any atom is 0.218 e. The summed E-state index contributed by atoms with van der Waals surface area (Å²) in [6.07, 6.45) is 2.40. The minimum atomic E-state index is -0.247. The average molecular weight is 176 g/mol. The first-order valence-electron chi connectivity index (χ1n) is 3.77. The zero-order chi connectivity index (χ0) is 8.69. The van der Waals surface area contributed by atoms with Crippen molar-refractivity contribution in [2.75, 3.05) is 12.8 Å². The highest BCUT2D eigenvalue weighted by Crippen LogP contribution is 2.01. The molecule has 0 aliphatic carbocycles. The predicted molar refractivity (Wildman–Crippen MR) is 49.7 cm³/mol. The molecule has 0 spiro atoms. The molecule has 0 aromatic rings. The second-order valence-corrected chi connectivity index (χ2v) is 2.97. The maximum absolute atomic E-state index is 10.5. The third-order valence-corrected chi connectivity index (χ3v) is 1.88. The van der Waals surface area contributed by atoms with Crippen LogP contribution in [0.25, 0.3) is 0 Å². The van der Waals surface area contributed by atoms with Gasteiger partial charge in [0.25, 0.3) is 0 Å². The van der Waals surface area contributed by atoms with Crippen molar-refractivity contribution >= 4 is 18.5 Å². The molecular weight excluding hydrogens is 160 g/mol. The quantitative estimate of drug-likeness (QED) is 0.505. The topological polar surface area (TPSA) is 55.1 Å². The molecule has 0 saturated heterocycles. The monoisotopic (exact) mass is 176 g/mol. The molecule has 0 aliphatic rings. The second-order valence-electron chi connectivity index (χ2n) is 2.52. The van der Waals surface area contributed by atoms with Crippen LogP contribution in [0.15, 0.2) is 0 Å². The largest absolute Gasteiger partial charge is 0.370 e. The number of nitrogens with one attached hydrogen (secondary N) is 1. The van der Waals surface area contributed by atoms with Gasteiger partial charge < -0.3 is 11.1 Å². The van der Waals surface area contributed by atoms with Gasteiger partial charge in [0.15, 0.2) is 0 Å². The van der Waals surface area contributed by atoms with Crippen LogP contribution in [0.4, 0.5) is 0 Å². The highest BCUT2D eigenvalue weighted by atomic mass is 32.1. The highest BCUT2D eigenvalue weighted by Gasteiger charge is 2.07. The Balaban J connectivity index is 3.49. The summed E-state index contributed by atoms with van der Waals surface area (Å²) in [4.78, 5) is 10.5. The van der Waals surface area contributed by atoms with E-state index in [1.165, 1.54) is 0 Å². The average Bonchev–Trinajstić information content (AvgIpc) is 1.97. The van der Waals surface area contributed by atoms with Gasteiger partial charge in [-0.1, -0.05) is 0 Å². The van der Waals surface area contributed by atoms with E-state index in [0.717, 1.165) is 18.6 Å². The molecule has 11 heavy (non-hydrogen) atoms. The first kappa shape index (κ1) is 10.8. The minimum Gasteiger partial charge on any atom is -0.370 e. The highest BCUT2D eigenvalue weighted by molar-refractivity contribution is 7.80. The summed E-state index contributed by atoms with van der Waals surface area (Å²) in [6.45, 7) is 0. The zero-order valence-corrected chi connectivity index (χ0v) is 7.73. The lowest BCUT2D eigenvalue weighted by molar-refractivity contribution is -0.118. The van der Waals surface area contributed by atoms with E-state index in [1.54, 1.807) is 0 Å². The van der Waals surface area contributed by atoms with E-state index in [2.05, 4.69) is 17.9 Å². The lowest BCUT2D eigenvalue weighted by atomic mass is 10.1. The van der Waals surface area contributed by atoms with Crippen molar-refractivity contribution in [3.8, 4) is 0 Å². The Morgan fingerprint density at radius 1 is 1.73 bits per heavy atom. The van der Waals surface area contributed by atoms with Crippen molar-refractivity contribution in [2.24, 2.45) is 5.73 Å². The van der Waals surface area contributed by atoms with Crippen LogP contribution in [0.5, 0.6) is 0 Å². The summed E-state index contributed by atoms with van der Waals surface area (Å²) in [5.41, 5.74) is 5.04. The molecule has 0 aromatic carbocycles. The zero-order valence-electron chi connectivity index (χ0n) is 6.84. The van der Waals surface area contributed by atoms with Crippen LogP contribution in [0.1, 0.15) is 19.3 Å². The Bertz CT molecular complexity index is 119. The molecule has 66 valence electrons. The maximum atomic E-state index is 10.5. The van der Waals surface area contributed by atoms with Gasteiger partial charge in [0.1, 0.15) is 0 Å². The molecule has 0 aromatic heterocycles. The number of amides is 1. The number of carbonyl (C=O) groups is 1. The molecular formula is C7H16N2OS. The van der Waals surface area contributed by atoms with Crippen molar-refractivity contribution in [1.29, 1.82) is 0 Å². The smallest absolute Gasteiger partial charge is 0.218 e. The van der Waals surface area contributed by atoms with Crippen molar-refractivity contribution in [3.63, 3.8) is 0 Å². The summed E-state index contributed by atoms with van der Waals surface area (Å²) >= 11 is 4.08. The van der Waals surface area contributed by atoms with Crippen LogP contribution in [-0.2, 0) is 4.79 Å². The van der Waals surface area contributed by atoms with E-state index in [0.29, 0.717) is 6.42 Å². The van der Waals surface area contributed by atoms with E-state index in [-0.39, 0.29) is 11.9 Å². The Morgan fingerprint density at radius 3 is 2.73 bits per heavy atom. The molecule has 0 rings (SSSR count). The minimum absolute atomic E-state index is 0.222. The SMILES string of the molecule is CNC(CCCS)CC(N)=O. The second kappa shape index (κ2) is 6.49. The molecule has 0 radical (unpaired) electrons. The fourth-order valence-corrected chi connectivity index (χ4v) is 1.11. The van der Waals surface area contributed by atoms with Crippen molar-refractivity contribution < 1.29 is 4.79 Å². The summed E-state index contributed by atoms with van der Waals surface area (Å²) in [7, 11) is 1.84. The van der Waals surface area contributed by atoms with Crippen LogP contribution in [0.3, 0.4) is 0 Å². The number of thiol groups is 1. The molecule has 0 fully saturated rings. The van der Waals surface area contributed by atoms with Gasteiger partial charge in [-0.2, -0.15) is 12.6 Å². The van der Waals surface area contributed by atoms with Gasteiger partial charge in [-0.3, -0.25) is 4.79 Å². The van der Waals surface area contributed by atoms with E-state index in [9.17, 15) is 4.79 Å². The predicted octanol–water partition coefficient (Wildman–Crippen LogP) is 0.160. The van der Waals surface area contributed by atoms with Gasteiger partial charge in [0.2, 0.25) is 5.91 Å². The van der Waals surface area contributed by atoms with Gasteiger partial charge in [0, 0.05) is 12.5 Å². The molecule has 1 atom stereocenters. The van der Waals surface area contributed by atoms with Crippen molar-refractivity contribution in [2.45, 2.75) is 25.3 Å². The van der Waals surface area contributed by atoms with Gasteiger partial charge in [-0.05, 0) is 25.6 Å². The number of rotatable bonds is 6. The van der Waals surface area contributed by atoms with Crippen LogP contribution in [0, 0.1) is 0 Å².